The number of carbonyl (C=O) groups is 2. The van der Waals surface area contributed by atoms with Crippen molar-refractivity contribution in [3.05, 3.63) is 33.2 Å². The number of ether oxygens (including phenoxy) is 4. The van der Waals surface area contributed by atoms with Gasteiger partial charge in [-0.15, -0.1) is 11.3 Å². The fraction of sp³-hybridized carbons (Fsp3) is 0.400. The number of aromatic nitrogens is 1. The van der Waals surface area contributed by atoms with Crippen LogP contribution in [0.2, 0.25) is 0 Å². The van der Waals surface area contributed by atoms with Crippen LogP contribution in [-0.4, -0.2) is 49.6 Å². The quantitative estimate of drug-likeness (QED) is 0.259. The first-order chi connectivity index (χ1) is 15.0. The van der Waals surface area contributed by atoms with Crippen LogP contribution in [0.25, 0.3) is 0 Å². The summed E-state index contributed by atoms with van der Waals surface area (Å²) in [6, 6.07) is 3.44. The summed E-state index contributed by atoms with van der Waals surface area (Å²) in [4.78, 5) is 27.4. The third kappa shape index (κ3) is 8.18. The number of halogens is 1. The molecule has 0 spiro atoms. The normalized spacial score (nSPS) is 10.7. The SMILES string of the molecule is CCOC(=O)COc1cc(Br)c(C=NNc2nc(CC(=O)OCC)cs2)cc1OCC. The van der Waals surface area contributed by atoms with E-state index in [1.165, 1.54) is 11.3 Å². The van der Waals surface area contributed by atoms with Gasteiger partial charge in [-0.2, -0.15) is 5.10 Å². The van der Waals surface area contributed by atoms with E-state index in [0.717, 1.165) is 5.56 Å². The molecule has 0 atom stereocenters. The Bertz CT molecular complexity index is 918. The van der Waals surface area contributed by atoms with Crippen molar-refractivity contribution in [2.24, 2.45) is 5.10 Å². The van der Waals surface area contributed by atoms with Gasteiger partial charge in [0.15, 0.2) is 18.1 Å². The Kier molecular flexibility index (Phi) is 10.2. The molecule has 9 nitrogen and oxygen atoms in total. The van der Waals surface area contributed by atoms with Crippen molar-refractivity contribution in [3.8, 4) is 11.5 Å². The van der Waals surface area contributed by atoms with Gasteiger partial charge in [-0.1, -0.05) is 0 Å². The maximum atomic E-state index is 11.5. The number of hydrazone groups is 1. The van der Waals surface area contributed by atoms with E-state index in [0.29, 0.717) is 40.0 Å². The second-order valence-corrected chi connectivity index (χ2v) is 7.56. The smallest absolute Gasteiger partial charge is 0.344 e. The number of carbonyl (C=O) groups excluding carboxylic acids is 2. The van der Waals surface area contributed by atoms with Crippen molar-refractivity contribution in [2.45, 2.75) is 27.2 Å². The van der Waals surface area contributed by atoms with E-state index < -0.39 is 5.97 Å². The molecule has 2 aromatic rings. The number of hydrogen-bond acceptors (Lipinski definition) is 10. The Morgan fingerprint density at radius 2 is 1.81 bits per heavy atom. The van der Waals surface area contributed by atoms with Crippen molar-refractivity contribution in [3.63, 3.8) is 0 Å². The van der Waals surface area contributed by atoms with Crippen LogP contribution >= 0.6 is 27.3 Å². The molecule has 0 aliphatic rings. The van der Waals surface area contributed by atoms with Crippen molar-refractivity contribution in [2.75, 3.05) is 31.9 Å². The molecule has 1 aromatic carbocycles. The van der Waals surface area contributed by atoms with Crippen LogP contribution in [-0.2, 0) is 25.5 Å². The molecule has 31 heavy (non-hydrogen) atoms. The number of benzene rings is 1. The first kappa shape index (κ1) is 24.6. The lowest BCUT2D eigenvalue weighted by atomic mass is 10.2. The molecule has 0 saturated carbocycles. The van der Waals surface area contributed by atoms with E-state index in [1.807, 2.05) is 6.92 Å². The molecule has 0 saturated heterocycles. The highest BCUT2D eigenvalue weighted by atomic mass is 79.9. The number of nitrogens with one attached hydrogen (secondary N) is 1. The van der Waals surface area contributed by atoms with Crippen LogP contribution in [0.3, 0.4) is 0 Å². The topological polar surface area (TPSA) is 108 Å². The number of thiazole rings is 1. The van der Waals surface area contributed by atoms with Gasteiger partial charge in [-0.3, -0.25) is 10.2 Å². The van der Waals surface area contributed by atoms with E-state index in [9.17, 15) is 9.59 Å². The van der Waals surface area contributed by atoms with Gasteiger partial charge in [-0.05, 0) is 48.8 Å². The molecule has 0 unspecified atom stereocenters. The van der Waals surface area contributed by atoms with Crippen molar-refractivity contribution < 1.29 is 28.5 Å². The number of rotatable bonds is 12. The largest absolute Gasteiger partial charge is 0.490 e. The Labute approximate surface area is 192 Å². The summed E-state index contributed by atoms with van der Waals surface area (Å²) in [5, 5.41) is 6.51. The van der Waals surface area contributed by atoms with Crippen LogP contribution in [0.4, 0.5) is 5.13 Å². The molecule has 0 aliphatic heterocycles. The highest BCUT2D eigenvalue weighted by Gasteiger charge is 2.13. The molecule has 1 heterocycles. The molecule has 1 N–H and O–H groups in total. The average Bonchev–Trinajstić information content (AvgIpc) is 3.16. The van der Waals surface area contributed by atoms with Crippen LogP contribution in [0.5, 0.6) is 11.5 Å². The van der Waals surface area contributed by atoms with Crippen LogP contribution in [0.1, 0.15) is 32.0 Å². The third-order valence-corrected chi connectivity index (χ3v) is 5.04. The Balaban J connectivity index is 2.04. The van der Waals surface area contributed by atoms with Gasteiger partial charge in [0.2, 0.25) is 5.13 Å². The number of anilines is 1. The predicted octanol–water partition coefficient (Wildman–Crippen LogP) is 3.80. The molecular formula is C20H24BrN3O6S. The first-order valence-electron chi connectivity index (χ1n) is 9.60. The summed E-state index contributed by atoms with van der Waals surface area (Å²) >= 11 is 4.80. The summed E-state index contributed by atoms with van der Waals surface area (Å²) in [5.74, 6) is 0.111. The molecule has 0 amide bonds. The van der Waals surface area contributed by atoms with Gasteiger partial charge in [0.1, 0.15) is 0 Å². The van der Waals surface area contributed by atoms with E-state index >= 15 is 0 Å². The zero-order valence-corrected chi connectivity index (χ0v) is 19.9. The second kappa shape index (κ2) is 12.9. The molecule has 2 rings (SSSR count). The van der Waals surface area contributed by atoms with Gasteiger partial charge >= 0.3 is 11.9 Å². The number of nitrogens with zero attached hydrogens (tertiary/aromatic N) is 2. The van der Waals surface area contributed by atoms with Gasteiger partial charge in [0.25, 0.3) is 0 Å². The van der Waals surface area contributed by atoms with Gasteiger partial charge in [0.05, 0.1) is 38.1 Å². The van der Waals surface area contributed by atoms with E-state index in [1.54, 1.807) is 37.6 Å². The number of esters is 2. The summed E-state index contributed by atoms with van der Waals surface area (Å²) in [6.45, 7) is 6.18. The standard InChI is InChI=1S/C20H24BrN3O6S/c1-4-27-16-7-13(15(21)9-17(16)30-11-19(26)29-6-3)10-22-24-20-23-14(12-31-20)8-18(25)28-5-2/h7,9-10,12H,4-6,8,11H2,1-3H3,(H,23,24). The summed E-state index contributed by atoms with van der Waals surface area (Å²) in [6.07, 6.45) is 1.71. The minimum absolute atomic E-state index is 0.117. The van der Waals surface area contributed by atoms with Crippen molar-refractivity contribution in [1.29, 1.82) is 0 Å². The minimum Gasteiger partial charge on any atom is -0.490 e. The number of hydrogen-bond donors (Lipinski definition) is 1. The fourth-order valence-corrected chi connectivity index (χ4v) is 3.41. The molecule has 11 heteroatoms. The van der Waals surface area contributed by atoms with Gasteiger partial charge in [0, 0.05) is 15.4 Å². The van der Waals surface area contributed by atoms with Crippen molar-refractivity contribution >= 4 is 50.6 Å². The van der Waals surface area contributed by atoms with Gasteiger partial charge < -0.3 is 18.9 Å². The fourth-order valence-electron chi connectivity index (χ4n) is 2.33. The Morgan fingerprint density at radius 3 is 2.52 bits per heavy atom. The lowest BCUT2D eigenvalue weighted by Crippen LogP contribution is -2.15. The molecular weight excluding hydrogens is 490 g/mol. The maximum absolute atomic E-state index is 11.5. The second-order valence-electron chi connectivity index (χ2n) is 5.84. The highest BCUT2D eigenvalue weighted by molar-refractivity contribution is 9.10. The highest BCUT2D eigenvalue weighted by Crippen LogP contribution is 2.33. The molecule has 168 valence electrons. The molecule has 0 radical (unpaired) electrons. The van der Waals surface area contributed by atoms with E-state index in [-0.39, 0.29) is 25.6 Å². The van der Waals surface area contributed by atoms with Gasteiger partial charge in [-0.25, -0.2) is 9.78 Å². The maximum Gasteiger partial charge on any atom is 0.344 e. The predicted molar refractivity (Wildman–Crippen MR) is 121 cm³/mol. The zero-order valence-electron chi connectivity index (χ0n) is 17.5. The van der Waals surface area contributed by atoms with E-state index in [4.69, 9.17) is 18.9 Å². The zero-order chi connectivity index (χ0) is 22.6. The Hall–Kier alpha value is -2.66. The average molecular weight is 514 g/mol. The van der Waals surface area contributed by atoms with Crippen molar-refractivity contribution in [1.82, 2.24) is 4.98 Å². The summed E-state index contributed by atoms with van der Waals surface area (Å²) in [7, 11) is 0. The molecule has 0 aliphatic carbocycles. The lowest BCUT2D eigenvalue weighted by Gasteiger charge is -2.13. The van der Waals surface area contributed by atoms with Crippen LogP contribution in [0.15, 0.2) is 27.1 Å². The Morgan fingerprint density at radius 1 is 1.10 bits per heavy atom. The minimum atomic E-state index is -0.457. The monoisotopic (exact) mass is 513 g/mol. The van der Waals surface area contributed by atoms with Crippen LogP contribution < -0.4 is 14.9 Å². The third-order valence-electron chi connectivity index (χ3n) is 3.56. The molecule has 0 bridgehead atoms. The molecule has 1 aromatic heterocycles. The summed E-state index contributed by atoms with van der Waals surface area (Å²) in [5.41, 5.74) is 4.18. The summed E-state index contributed by atoms with van der Waals surface area (Å²) < 4.78 is 21.6. The van der Waals surface area contributed by atoms with E-state index in [2.05, 4.69) is 31.4 Å². The van der Waals surface area contributed by atoms with Crippen LogP contribution in [0, 0.1) is 0 Å². The lowest BCUT2D eigenvalue weighted by molar-refractivity contribution is -0.145. The molecule has 0 fully saturated rings. The first-order valence-corrected chi connectivity index (χ1v) is 11.3.